The van der Waals surface area contributed by atoms with Crippen LogP contribution in [0.25, 0.3) is 0 Å². The molecule has 1 rings (SSSR count). The quantitative estimate of drug-likeness (QED) is 0.764. The lowest BCUT2D eigenvalue weighted by Gasteiger charge is -2.13. The van der Waals surface area contributed by atoms with Gasteiger partial charge in [-0.15, -0.1) is 0 Å². The van der Waals surface area contributed by atoms with Crippen molar-refractivity contribution in [2.45, 2.75) is 39.8 Å². The molecule has 0 fully saturated rings. The summed E-state index contributed by atoms with van der Waals surface area (Å²) in [7, 11) is 0. The van der Waals surface area contributed by atoms with Gasteiger partial charge in [-0.3, -0.25) is 0 Å². The summed E-state index contributed by atoms with van der Waals surface area (Å²) in [6, 6.07) is 9.33. The highest BCUT2D eigenvalue weighted by atomic mass is 14.9. The van der Waals surface area contributed by atoms with Crippen LogP contribution in [0.3, 0.4) is 0 Å². The number of hydrogen-bond acceptors (Lipinski definition) is 2. The minimum atomic E-state index is 0.476. The molecule has 1 aromatic carbocycles. The monoisotopic (exact) mass is 192 g/mol. The van der Waals surface area contributed by atoms with Crippen LogP contribution in [0.2, 0.25) is 0 Å². The minimum absolute atomic E-state index is 0.476. The van der Waals surface area contributed by atoms with Crippen molar-refractivity contribution in [3.8, 4) is 0 Å². The summed E-state index contributed by atoms with van der Waals surface area (Å²) >= 11 is 0. The molecule has 0 atom stereocenters. The Bertz CT molecular complexity index is 254. The zero-order valence-electron chi connectivity index (χ0n) is 9.46. The Hall–Kier alpha value is -1.18. The zero-order valence-corrected chi connectivity index (χ0v) is 9.46. The number of benzene rings is 1. The molecule has 78 valence electrons. The standard InChI is InChI=1S/C12H20N2/c1-9(2)13-11-6-5-7-12(8-11)14-10(3)4/h5-10,13-14H,1-4H3. The third-order valence-electron chi connectivity index (χ3n) is 1.77. The van der Waals surface area contributed by atoms with Crippen LogP contribution in [0.4, 0.5) is 11.4 Å². The molecule has 0 amide bonds. The van der Waals surface area contributed by atoms with Gasteiger partial charge in [0, 0.05) is 23.5 Å². The second-order valence-corrected chi connectivity index (χ2v) is 4.18. The van der Waals surface area contributed by atoms with Crippen molar-refractivity contribution in [1.29, 1.82) is 0 Å². The molecule has 0 saturated heterocycles. The predicted molar refractivity (Wildman–Crippen MR) is 64.0 cm³/mol. The first kappa shape index (κ1) is 10.9. The van der Waals surface area contributed by atoms with Gasteiger partial charge < -0.3 is 10.6 Å². The van der Waals surface area contributed by atoms with Crippen LogP contribution in [0.5, 0.6) is 0 Å². The van der Waals surface area contributed by atoms with E-state index in [0.29, 0.717) is 12.1 Å². The molecule has 0 aliphatic heterocycles. The van der Waals surface area contributed by atoms with Gasteiger partial charge in [0.05, 0.1) is 0 Å². The van der Waals surface area contributed by atoms with E-state index in [1.807, 2.05) is 0 Å². The van der Waals surface area contributed by atoms with E-state index >= 15 is 0 Å². The fourth-order valence-electron chi connectivity index (χ4n) is 1.37. The molecule has 0 unspecified atom stereocenters. The fourth-order valence-corrected chi connectivity index (χ4v) is 1.37. The van der Waals surface area contributed by atoms with Crippen molar-refractivity contribution in [3.05, 3.63) is 24.3 Å². The second kappa shape index (κ2) is 4.89. The van der Waals surface area contributed by atoms with Crippen LogP contribution in [0.1, 0.15) is 27.7 Å². The highest BCUT2D eigenvalue weighted by Gasteiger charge is 1.98. The topological polar surface area (TPSA) is 24.1 Å². The Balaban J connectivity index is 2.68. The second-order valence-electron chi connectivity index (χ2n) is 4.18. The maximum absolute atomic E-state index is 3.38. The van der Waals surface area contributed by atoms with Crippen molar-refractivity contribution in [2.75, 3.05) is 10.6 Å². The van der Waals surface area contributed by atoms with E-state index in [1.165, 1.54) is 11.4 Å². The van der Waals surface area contributed by atoms with E-state index in [1.54, 1.807) is 0 Å². The Morgan fingerprint density at radius 1 is 0.857 bits per heavy atom. The molecule has 14 heavy (non-hydrogen) atoms. The van der Waals surface area contributed by atoms with Crippen LogP contribution in [0, 0.1) is 0 Å². The summed E-state index contributed by atoms with van der Waals surface area (Å²) < 4.78 is 0. The van der Waals surface area contributed by atoms with Gasteiger partial charge in [0.2, 0.25) is 0 Å². The SMILES string of the molecule is CC(C)Nc1cccc(NC(C)C)c1. The first-order chi connectivity index (χ1) is 6.58. The van der Waals surface area contributed by atoms with Crippen molar-refractivity contribution >= 4 is 11.4 Å². The lowest BCUT2D eigenvalue weighted by atomic mass is 10.2. The third-order valence-corrected chi connectivity index (χ3v) is 1.77. The van der Waals surface area contributed by atoms with Gasteiger partial charge in [-0.25, -0.2) is 0 Å². The van der Waals surface area contributed by atoms with Gasteiger partial charge in [-0.05, 0) is 45.9 Å². The average Bonchev–Trinajstić information content (AvgIpc) is 2.01. The fraction of sp³-hybridized carbons (Fsp3) is 0.500. The maximum atomic E-state index is 3.38. The Morgan fingerprint density at radius 3 is 1.64 bits per heavy atom. The van der Waals surface area contributed by atoms with E-state index in [9.17, 15) is 0 Å². The third kappa shape index (κ3) is 3.69. The molecule has 0 saturated carbocycles. The zero-order chi connectivity index (χ0) is 10.6. The maximum Gasteiger partial charge on any atom is 0.0362 e. The molecular weight excluding hydrogens is 172 g/mol. The highest BCUT2D eigenvalue weighted by molar-refractivity contribution is 5.57. The first-order valence-corrected chi connectivity index (χ1v) is 5.21. The van der Waals surface area contributed by atoms with Gasteiger partial charge in [0.1, 0.15) is 0 Å². The van der Waals surface area contributed by atoms with E-state index in [-0.39, 0.29) is 0 Å². The number of anilines is 2. The Labute approximate surface area is 86.7 Å². The average molecular weight is 192 g/mol. The van der Waals surface area contributed by atoms with Gasteiger partial charge >= 0.3 is 0 Å². The van der Waals surface area contributed by atoms with Gasteiger partial charge in [0.15, 0.2) is 0 Å². The molecule has 0 heterocycles. The number of hydrogen-bond donors (Lipinski definition) is 2. The van der Waals surface area contributed by atoms with Gasteiger partial charge in [-0.1, -0.05) is 6.07 Å². The summed E-state index contributed by atoms with van der Waals surface area (Å²) in [6.07, 6.45) is 0. The van der Waals surface area contributed by atoms with Crippen LogP contribution < -0.4 is 10.6 Å². The first-order valence-electron chi connectivity index (χ1n) is 5.21. The summed E-state index contributed by atoms with van der Waals surface area (Å²) in [5.41, 5.74) is 2.34. The van der Waals surface area contributed by atoms with Crippen LogP contribution in [-0.2, 0) is 0 Å². The highest BCUT2D eigenvalue weighted by Crippen LogP contribution is 2.16. The van der Waals surface area contributed by atoms with Crippen molar-refractivity contribution in [1.82, 2.24) is 0 Å². The van der Waals surface area contributed by atoms with E-state index in [2.05, 4.69) is 62.6 Å². The largest absolute Gasteiger partial charge is 0.383 e. The molecule has 0 aliphatic rings. The molecule has 1 aromatic rings. The summed E-state index contributed by atoms with van der Waals surface area (Å²) in [4.78, 5) is 0. The van der Waals surface area contributed by atoms with Crippen molar-refractivity contribution in [2.24, 2.45) is 0 Å². The molecule has 0 bridgehead atoms. The Kier molecular flexibility index (Phi) is 3.81. The normalized spacial score (nSPS) is 10.7. The smallest absolute Gasteiger partial charge is 0.0362 e. The molecule has 0 aromatic heterocycles. The van der Waals surface area contributed by atoms with Crippen molar-refractivity contribution in [3.63, 3.8) is 0 Å². The lowest BCUT2D eigenvalue weighted by Crippen LogP contribution is -2.12. The molecule has 0 spiro atoms. The molecule has 2 N–H and O–H groups in total. The van der Waals surface area contributed by atoms with E-state index in [0.717, 1.165) is 0 Å². The molecule has 2 nitrogen and oxygen atoms in total. The minimum Gasteiger partial charge on any atom is -0.383 e. The van der Waals surface area contributed by atoms with Crippen LogP contribution >= 0.6 is 0 Å². The lowest BCUT2D eigenvalue weighted by molar-refractivity contribution is 0.893. The van der Waals surface area contributed by atoms with Crippen molar-refractivity contribution < 1.29 is 0 Å². The van der Waals surface area contributed by atoms with Crippen LogP contribution in [-0.4, -0.2) is 12.1 Å². The van der Waals surface area contributed by atoms with E-state index in [4.69, 9.17) is 0 Å². The summed E-state index contributed by atoms with van der Waals surface area (Å²) in [6.45, 7) is 8.57. The number of nitrogens with one attached hydrogen (secondary N) is 2. The van der Waals surface area contributed by atoms with E-state index < -0.39 is 0 Å². The summed E-state index contributed by atoms with van der Waals surface area (Å²) in [5, 5.41) is 6.76. The van der Waals surface area contributed by atoms with Gasteiger partial charge in [0.25, 0.3) is 0 Å². The predicted octanol–water partition coefficient (Wildman–Crippen LogP) is 3.33. The van der Waals surface area contributed by atoms with Gasteiger partial charge in [-0.2, -0.15) is 0 Å². The molecule has 2 heteroatoms. The molecule has 0 aliphatic carbocycles. The summed E-state index contributed by atoms with van der Waals surface area (Å²) in [5.74, 6) is 0. The molecular formula is C12H20N2. The number of rotatable bonds is 4. The van der Waals surface area contributed by atoms with Crippen LogP contribution in [0.15, 0.2) is 24.3 Å². The Morgan fingerprint density at radius 2 is 1.29 bits per heavy atom. The molecule has 0 radical (unpaired) electrons.